The van der Waals surface area contributed by atoms with Gasteiger partial charge in [-0.15, -0.1) is 0 Å². The second-order valence-electron chi connectivity index (χ2n) is 6.32. The molecule has 8 heteroatoms. The first-order valence-electron chi connectivity index (χ1n) is 9.30. The minimum atomic E-state index is -0.780. The number of carbonyl (C=O) groups is 2. The third kappa shape index (κ3) is 6.29. The highest BCUT2D eigenvalue weighted by atomic mass is 35.5. The Balaban J connectivity index is 2.06. The Morgan fingerprint density at radius 2 is 1.62 bits per heavy atom. The van der Waals surface area contributed by atoms with E-state index in [-0.39, 0.29) is 40.6 Å². The lowest BCUT2D eigenvalue weighted by Crippen LogP contribution is -2.14. The third-order valence-electron chi connectivity index (χ3n) is 4.21. The number of rotatable bonds is 10. The standard InChI is InChI=1S/C21H22ClNO6/c1-2-3-4-7-13-28-20(24)16-10-5-6-11-17(16)21(25)29-14-15-9-8-12-18(22)19(15)23(26)27/h5-6,8-12H,2-4,7,13-14H2,1H3. The molecule has 2 aromatic rings. The van der Waals surface area contributed by atoms with E-state index in [4.69, 9.17) is 21.1 Å². The van der Waals surface area contributed by atoms with E-state index >= 15 is 0 Å². The van der Waals surface area contributed by atoms with Crippen LogP contribution in [0.2, 0.25) is 5.02 Å². The Bertz CT molecular complexity index is 883. The number of para-hydroxylation sites is 1. The van der Waals surface area contributed by atoms with Crippen LogP contribution in [0.5, 0.6) is 0 Å². The molecule has 0 aromatic heterocycles. The van der Waals surface area contributed by atoms with Gasteiger partial charge in [0.2, 0.25) is 0 Å². The smallest absolute Gasteiger partial charge is 0.339 e. The van der Waals surface area contributed by atoms with E-state index in [0.29, 0.717) is 0 Å². The molecule has 0 bridgehead atoms. The average molecular weight is 420 g/mol. The van der Waals surface area contributed by atoms with Crippen LogP contribution in [0.1, 0.15) is 58.9 Å². The van der Waals surface area contributed by atoms with Crippen LogP contribution >= 0.6 is 11.6 Å². The molecule has 0 aliphatic heterocycles. The molecular formula is C21H22ClNO6. The lowest BCUT2D eigenvalue weighted by Gasteiger charge is -2.10. The van der Waals surface area contributed by atoms with Crippen molar-refractivity contribution in [2.45, 2.75) is 39.2 Å². The molecule has 0 fully saturated rings. The molecule has 0 heterocycles. The molecule has 29 heavy (non-hydrogen) atoms. The van der Waals surface area contributed by atoms with E-state index in [9.17, 15) is 19.7 Å². The van der Waals surface area contributed by atoms with Gasteiger partial charge in [0, 0.05) is 0 Å². The normalized spacial score (nSPS) is 10.4. The van der Waals surface area contributed by atoms with Gasteiger partial charge in [0.05, 0.1) is 28.2 Å². The highest BCUT2D eigenvalue weighted by Gasteiger charge is 2.22. The molecule has 0 saturated heterocycles. The number of nitro groups is 1. The Kier molecular flexibility index (Phi) is 8.61. The fourth-order valence-electron chi connectivity index (χ4n) is 2.71. The minimum Gasteiger partial charge on any atom is -0.462 e. The van der Waals surface area contributed by atoms with Crippen molar-refractivity contribution < 1.29 is 24.0 Å². The molecule has 0 N–H and O–H groups in total. The maximum Gasteiger partial charge on any atom is 0.339 e. The number of halogens is 1. The van der Waals surface area contributed by atoms with Gasteiger partial charge < -0.3 is 9.47 Å². The predicted octanol–water partition coefficient (Wildman–Crippen LogP) is 5.34. The van der Waals surface area contributed by atoms with Crippen LogP contribution in [0.3, 0.4) is 0 Å². The second kappa shape index (κ2) is 11.2. The summed E-state index contributed by atoms with van der Waals surface area (Å²) >= 11 is 5.86. The minimum absolute atomic E-state index is 0.0377. The summed E-state index contributed by atoms with van der Waals surface area (Å²) in [5.74, 6) is -1.39. The number of benzene rings is 2. The SMILES string of the molecule is CCCCCCOC(=O)c1ccccc1C(=O)OCc1cccc(Cl)c1[N+](=O)[O-]. The van der Waals surface area contributed by atoms with Gasteiger partial charge in [-0.3, -0.25) is 10.1 Å². The van der Waals surface area contributed by atoms with Crippen LogP contribution in [0.4, 0.5) is 5.69 Å². The lowest BCUT2D eigenvalue weighted by atomic mass is 10.1. The summed E-state index contributed by atoms with van der Waals surface area (Å²) < 4.78 is 10.4. The molecule has 2 aromatic carbocycles. The Morgan fingerprint density at radius 3 is 2.24 bits per heavy atom. The van der Waals surface area contributed by atoms with Crippen molar-refractivity contribution in [1.29, 1.82) is 0 Å². The van der Waals surface area contributed by atoms with Gasteiger partial charge in [0.25, 0.3) is 5.69 Å². The first kappa shape index (κ1) is 22.4. The highest BCUT2D eigenvalue weighted by Crippen LogP contribution is 2.29. The van der Waals surface area contributed by atoms with Gasteiger partial charge in [-0.25, -0.2) is 9.59 Å². The van der Waals surface area contributed by atoms with E-state index in [1.165, 1.54) is 30.3 Å². The van der Waals surface area contributed by atoms with Crippen LogP contribution in [-0.4, -0.2) is 23.5 Å². The Morgan fingerprint density at radius 1 is 0.966 bits per heavy atom. The maximum atomic E-state index is 12.5. The molecule has 0 atom stereocenters. The summed E-state index contributed by atoms with van der Waals surface area (Å²) in [7, 11) is 0. The lowest BCUT2D eigenvalue weighted by molar-refractivity contribution is -0.385. The number of hydrogen-bond acceptors (Lipinski definition) is 6. The molecule has 0 unspecified atom stereocenters. The summed E-state index contributed by atoms with van der Waals surface area (Å²) in [6, 6.07) is 10.5. The topological polar surface area (TPSA) is 95.7 Å². The third-order valence-corrected chi connectivity index (χ3v) is 4.51. The summed E-state index contributed by atoms with van der Waals surface area (Å²) in [5, 5.41) is 11.1. The molecule has 0 spiro atoms. The summed E-state index contributed by atoms with van der Waals surface area (Å²) in [5.41, 5.74) is -0.0297. The van der Waals surface area contributed by atoms with E-state index in [1.54, 1.807) is 12.1 Å². The average Bonchev–Trinajstić information content (AvgIpc) is 2.71. The van der Waals surface area contributed by atoms with Crippen LogP contribution in [0.15, 0.2) is 42.5 Å². The summed E-state index contributed by atoms with van der Waals surface area (Å²) in [6.45, 7) is 2.01. The fourth-order valence-corrected chi connectivity index (χ4v) is 2.98. The molecule has 154 valence electrons. The number of carbonyl (C=O) groups excluding carboxylic acids is 2. The van der Waals surface area contributed by atoms with E-state index in [0.717, 1.165) is 25.7 Å². The Hall–Kier alpha value is -2.93. The zero-order valence-electron chi connectivity index (χ0n) is 16.1. The van der Waals surface area contributed by atoms with Gasteiger partial charge >= 0.3 is 11.9 Å². The van der Waals surface area contributed by atoms with Crippen molar-refractivity contribution in [3.05, 3.63) is 74.3 Å². The van der Waals surface area contributed by atoms with Crippen molar-refractivity contribution in [2.24, 2.45) is 0 Å². The number of nitro benzene ring substituents is 1. The van der Waals surface area contributed by atoms with Crippen LogP contribution in [0, 0.1) is 10.1 Å². The predicted molar refractivity (Wildman–Crippen MR) is 108 cm³/mol. The quantitative estimate of drug-likeness (QED) is 0.223. The fraction of sp³-hybridized carbons (Fsp3) is 0.333. The molecule has 0 radical (unpaired) electrons. The first-order valence-corrected chi connectivity index (χ1v) is 9.68. The number of nitrogens with zero attached hydrogens (tertiary/aromatic N) is 1. The number of hydrogen-bond donors (Lipinski definition) is 0. The largest absolute Gasteiger partial charge is 0.462 e. The monoisotopic (exact) mass is 419 g/mol. The number of esters is 2. The van der Waals surface area contributed by atoms with Gasteiger partial charge in [-0.05, 0) is 30.7 Å². The van der Waals surface area contributed by atoms with Gasteiger partial charge in [0.15, 0.2) is 0 Å². The zero-order chi connectivity index (χ0) is 21.2. The van der Waals surface area contributed by atoms with Crippen molar-refractivity contribution in [3.8, 4) is 0 Å². The molecule has 2 rings (SSSR count). The highest BCUT2D eigenvalue weighted by molar-refractivity contribution is 6.32. The molecule has 0 amide bonds. The molecular weight excluding hydrogens is 398 g/mol. The molecule has 0 aliphatic carbocycles. The van der Waals surface area contributed by atoms with Crippen molar-refractivity contribution in [3.63, 3.8) is 0 Å². The first-order chi connectivity index (χ1) is 14.0. The van der Waals surface area contributed by atoms with E-state index < -0.39 is 16.9 Å². The summed E-state index contributed by atoms with van der Waals surface area (Å²) in [4.78, 5) is 35.4. The van der Waals surface area contributed by atoms with Crippen molar-refractivity contribution in [2.75, 3.05) is 6.61 Å². The van der Waals surface area contributed by atoms with Crippen LogP contribution in [0.25, 0.3) is 0 Å². The van der Waals surface area contributed by atoms with Gasteiger partial charge in [-0.2, -0.15) is 0 Å². The van der Waals surface area contributed by atoms with Gasteiger partial charge in [-0.1, -0.05) is 56.0 Å². The van der Waals surface area contributed by atoms with Crippen LogP contribution < -0.4 is 0 Å². The van der Waals surface area contributed by atoms with E-state index in [2.05, 4.69) is 6.92 Å². The second-order valence-corrected chi connectivity index (χ2v) is 6.73. The number of unbranched alkanes of at least 4 members (excludes halogenated alkanes) is 3. The summed E-state index contributed by atoms with van der Waals surface area (Å²) in [6.07, 6.45) is 3.86. The van der Waals surface area contributed by atoms with Crippen LogP contribution in [-0.2, 0) is 16.1 Å². The zero-order valence-corrected chi connectivity index (χ0v) is 16.8. The maximum absolute atomic E-state index is 12.5. The van der Waals surface area contributed by atoms with Crippen molar-refractivity contribution in [1.82, 2.24) is 0 Å². The molecule has 7 nitrogen and oxygen atoms in total. The molecule has 0 saturated carbocycles. The van der Waals surface area contributed by atoms with Gasteiger partial charge in [0.1, 0.15) is 11.6 Å². The molecule has 0 aliphatic rings. The Labute approximate surface area is 173 Å². The van der Waals surface area contributed by atoms with Crippen molar-refractivity contribution >= 4 is 29.2 Å². The number of ether oxygens (including phenoxy) is 2. The van der Waals surface area contributed by atoms with E-state index in [1.807, 2.05) is 0 Å².